The zero-order chi connectivity index (χ0) is 71.6. The fraction of sp³-hybridized carbons (Fsp3) is 0. The number of nitriles is 6. The van der Waals surface area contributed by atoms with Crippen molar-refractivity contribution >= 4 is 142 Å². The van der Waals surface area contributed by atoms with E-state index in [0.29, 0.717) is 56.4 Å². The number of para-hydroxylation sites is 8. The van der Waals surface area contributed by atoms with Crippen molar-refractivity contribution in [3.63, 3.8) is 0 Å². The second kappa shape index (κ2) is 23.7. The van der Waals surface area contributed by atoms with Crippen LogP contribution in [0.15, 0.2) is 276 Å². The molecule has 20 rings (SSSR count). The molecule has 0 bridgehead atoms. The molecule has 0 aliphatic rings. The van der Waals surface area contributed by atoms with Gasteiger partial charge in [0, 0.05) is 87.1 Å². The van der Waals surface area contributed by atoms with Gasteiger partial charge in [0.25, 0.3) is 0 Å². The molecule has 14 nitrogen and oxygen atoms in total. The van der Waals surface area contributed by atoms with Gasteiger partial charge in [0.2, 0.25) is 11.4 Å². The normalized spacial score (nSPS) is 11.3. The minimum atomic E-state index is 0.175. The zero-order valence-electron chi connectivity index (χ0n) is 55.6. The van der Waals surface area contributed by atoms with Crippen molar-refractivity contribution in [3.8, 4) is 81.4 Å². The van der Waals surface area contributed by atoms with Crippen molar-refractivity contribution in [2.45, 2.75) is 0 Å². The second-order valence-corrected chi connectivity index (χ2v) is 25.7. The monoisotopic (exact) mass is 1350 g/mol. The SMILES string of the molecule is [C-]#[N+]c1cc(C#N)c(-c2ccc(C#N)c(C#N)c2-n2c3ccccc3c3c4oc5ccccc5c4ccc32)cc1-n1c2ccccc2c2ccccc21.[C-]#[N+]c1ccc(-c2cc(C#N)c(C#N)cc2-n2c3ccccc3c3c4c(ccc32)oc2ccccc24)c(C#N)c1-n1c2ccccc2c2ccccc21. The molecule has 20 aromatic rings. The lowest BCUT2D eigenvalue weighted by Gasteiger charge is -2.19. The highest BCUT2D eigenvalue weighted by Gasteiger charge is 2.30. The molecule has 0 N–H and O–H groups in total. The average Bonchev–Trinajstić information content (AvgIpc) is 1.46. The molecule has 0 radical (unpaired) electrons. The van der Waals surface area contributed by atoms with E-state index in [2.05, 4.69) is 79.5 Å². The smallest absolute Gasteiger partial charge is 0.211 e. The van der Waals surface area contributed by atoms with E-state index in [-0.39, 0.29) is 33.4 Å². The van der Waals surface area contributed by atoms with Gasteiger partial charge in [0.05, 0.1) is 119 Å². The van der Waals surface area contributed by atoms with Crippen LogP contribution in [0.4, 0.5) is 11.4 Å². The molecule has 0 aliphatic carbocycles. The molecule has 0 fully saturated rings. The number of benzene rings is 14. The third-order valence-corrected chi connectivity index (χ3v) is 20.6. The molecule has 484 valence electrons. The Labute approximate surface area is 602 Å². The molecule has 14 heteroatoms. The summed E-state index contributed by atoms with van der Waals surface area (Å²) < 4.78 is 21.0. The summed E-state index contributed by atoms with van der Waals surface area (Å²) >= 11 is 0. The Morgan fingerprint density at radius 3 is 1.31 bits per heavy atom. The maximum atomic E-state index is 11.1. The maximum absolute atomic E-state index is 11.1. The quantitative estimate of drug-likeness (QED) is 0.146. The lowest BCUT2D eigenvalue weighted by molar-refractivity contribution is 0.669. The summed E-state index contributed by atoms with van der Waals surface area (Å²) in [6, 6.07) is 99.8. The predicted octanol–water partition coefficient (Wildman–Crippen LogP) is 23.2. The predicted molar refractivity (Wildman–Crippen MR) is 416 cm³/mol. The third-order valence-electron chi connectivity index (χ3n) is 20.6. The van der Waals surface area contributed by atoms with E-state index in [1.165, 1.54) is 0 Å². The molecule has 0 amide bonds. The number of hydrogen-bond donors (Lipinski definition) is 0. The van der Waals surface area contributed by atoms with Crippen LogP contribution in [0.5, 0.6) is 0 Å². The lowest BCUT2D eigenvalue weighted by Crippen LogP contribution is -2.04. The van der Waals surface area contributed by atoms with Gasteiger partial charge in [0.15, 0.2) is 0 Å². The van der Waals surface area contributed by atoms with E-state index in [1.54, 1.807) is 42.5 Å². The Bertz CT molecular complexity index is 7610. The van der Waals surface area contributed by atoms with Crippen molar-refractivity contribution in [1.29, 1.82) is 31.6 Å². The largest absolute Gasteiger partial charge is 0.456 e. The first-order valence-electron chi connectivity index (χ1n) is 33.8. The molecule has 6 aromatic heterocycles. The molecule has 0 saturated heterocycles. The van der Waals surface area contributed by atoms with Crippen molar-refractivity contribution in [3.05, 3.63) is 323 Å². The summed E-state index contributed by atoms with van der Waals surface area (Å²) in [5, 5.41) is 75.3. The summed E-state index contributed by atoms with van der Waals surface area (Å²) in [5.74, 6) is 0. The van der Waals surface area contributed by atoms with Crippen LogP contribution in [-0.2, 0) is 0 Å². The number of rotatable bonds is 6. The van der Waals surface area contributed by atoms with E-state index in [0.717, 1.165) is 131 Å². The summed E-state index contributed by atoms with van der Waals surface area (Å²) in [6.45, 7) is 16.4. The van der Waals surface area contributed by atoms with Gasteiger partial charge in [0.1, 0.15) is 52.7 Å². The fourth-order valence-electron chi connectivity index (χ4n) is 16.2. The Balaban J connectivity index is 0.000000145. The molecule has 0 aliphatic heterocycles. The van der Waals surface area contributed by atoms with Gasteiger partial charge in [-0.2, -0.15) is 31.6 Å². The first-order chi connectivity index (χ1) is 52.3. The minimum absolute atomic E-state index is 0.175. The number of furan rings is 2. The van der Waals surface area contributed by atoms with Crippen molar-refractivity contribution < 1.29 is 8.83 Å². The van der Waals surface area contributed by atoms with Gasteiger partial charge < -0.3 is 27.1 Å². The van der Waals surface area contributed by atoms with Gasteiger partial charge in [-0.1, -0.05) is 164 Å². The number of nitrogens with zero attached hydrogens (tertiary/aromatic N) is 12. The van der Waals surface area contributed by atoms with Crippen LogP contribution in [-0.4, -0.2) is 18.3 Å². The highest BCUT2D eigenvalue weighted by molar-refractivity contribution is 6.28. The molecule has 0 spiro atoms. The molecular weight excluding hydrogens is 1310 g/mol. The Morgan fingerprint density at radius 1 is 0.264 bits per heavy atom. The highest BCUT2D eigenvalue weighted by Crippen LogP contribution is 2.49. The molecule has 0 atom stereocenters. The van der Waals surface area contributed by atoms with E-state index >= 15 is 0 Å². The van der Waals surface area contributed by atoms with Crippen LogP contribution in [0.25, 0.3) is 186 Å². The van der Waals surface area contributed by atoms with Gasteiger partial charge in [-0.3, -0.25) is 0 Å². The van der Waals surface area contributed by atoms with Crippen molar-refractivity contribution in [2.75, 3.05) is 0 Å². The summed E-state index contributed by atoms with van der Waals surface area (Å²) in [6.07, 6.45) is 0. The van der Waals surface area contributed by atoms with Crippen LogP contribution >= 0.6 is 0 Å². The van der Waals surface area contributed by atoms with Crippen LogP contribution in [0.2, 0.25) is 0 Å². The standard InChI is InChI=1S/2C46H22N6O/c1-50-37-22-28(25-48)35(23-42(37)51-38-14-6-2-10-29(38)30-11-3-7-15-39(30)51)32-19-18-27(24-47)36(26-49)45(32)52-40-16-8-4-13-34(40)44-41(52)21-20-33-31-12-5-9-17-43(31)53-46(33)44;1-50-36-19-18-29(35(26-49)46(36)52-37-14-6-2-10-30(37)31-11-3-7-15-38(31)52)34-22-27(24-47)28(25-48)23-41(34)51-39-16-8-4-12-32(39)44-40(51)20-21-43-45(44)33-13-5-9-17-42(33)53-43/h2*2-23H. The molecule has 0 saturated carbocycles. The maximum Gasteiger partial charge on any atom is 0.211 e. The molecule has 6 heterocycles. The Hall–Kier alpha value is -16.2. The summed E-state index contributed by atoms with van der Waals surface area (Å²) in [5.41, 5.74) is 16.3. The van der Waals surface area contributed by atoms with Crippen molar-refractivity contribution in [1.82, 2.24) is 18.3 Å². The van der Waals surface area contributed by atoms with Crippen LogP contribution < -0.4 is 0 Å². The molecule has 0 unspecified atom stereocenters. The van der Waals surface area contributed by atoms with Crippen LogP contribution in [0.3, 0.4) is 0 Å². The van der Waals surface area contributed by atoms with Gasteiger partial charge in [-0.15, -0.1) is 0 Å². The van der Waals surface area contributed by atoms with E-state index in [1.807, 2.05) is 209 Å². The summed E-state index contributed by atoms with van der Waals surface area (Å²) in [7, 11) is 0. The number of aromatic nitrogens is 4. The average molecular weight is 1350 g/mol. The minimum Gasteiger partial charge on any atom is -0.456 e. The Kier molecular flexibility index (Phi) is 13.6. The van der Waals surface area contributed by atoms with Crippen LogP contribution in [0.1, 0.15) is 33.4 Å². The number of fused-ring (bicyclic) bond motifs is 20. The molecule has 14 aromatic carbocycles. The molecular formula is C92H44N12O2. The first kappa shape index (κ1) is 60.9. The van der Waals surface area contributed by atoms with Gasteiger partial charge in [-0.05, 0) is 103 Å². The van der Waals surface area contributed by atoms with E-state index < -0.39 is 0 Å². The first-order valence-corrected chi connectivity index (χ1v) is 33.8. The lowest BCUT2D eigenvalue weighted by atomic mass is 9.92. The second-order valence-electron chi connectivity index (χ2n) is 25.7. The molecule has 106 heavy (non-hydrogen) atoms. The van der Waals surface area contributed by atoms with Crippen molar-refractivity contribution in [2.24, 2.45) is 0 Å². The number of hydrogen-bond acceptors (Lipinski definition) is 8. The van der Waals surface area contributed by atoms with Gasteiger partial charge in [-0.25, -0.2) is 9.69 Å². The van der Waals surface area contributed by atoms with E-state index in [9.17, 15) is 31.6 Å². The summed E-state index contributed by atoms with van der Waals surface area (Å²) in [4.78, 5) is 7.83. The topological polar surface area (TPSA) is 197 Å². The van der Waals surface area contributed by atoms with Crippen LogP contribution in [0, 0.1) is 81.1 Å². The highest BCUT2D eigenvalue weighted by atomic mass is 16.3. The Morgan fingerprint density at radius 2 is 0.726 bits per heavy atom. The zero-order valence-corrected chi connectivity index (χ0v) is 55.6. The van der Waals surface area contributed by atoms with Gasteiger partial charge >= 0.3 is 0 Å². The third kappa shape index (κ3) is 8.70. The fourth-order valence-corrected chi connectivity index (χ4v) is 16.2. The van der Waals surface area contributed by atoms with E-state index in [4.69, 9.17) is 22.0 Å².